The van der Waals surface area contributed by atoms with Gasteiger partial charge in [0.05, 0.1) is 11.4 Å². The summed E-state index contributed by atoms with van der Waals surface area (Å²) < 4.78 is 13.7. The number of nitrogens with one attached hydrogen (secondary N) is 2. The lowest BCUT2D eigenvalue weighted by molar-refractivity contribution is -0.134. The number of likely N-dealkylation sites (tertiary alicyclic amines) is 1. The van der Waals surface area contributed by atoms with Gasteiger partial charge < -0.3 is 4.90 Å². The predicted molar refractivity (Wildman–Crippen MR) is 95.5 cm³/mol. The molecule has 26 heavy (non-hydrogen) atoms. The summed E-state index contributed by atoms with van der Waals surface area (Å²) in [6.45, 7) is 2.20. The van der Waals surface area contributed by atoms with Crippen LogP contribution < -0.4 is 10.9 Å². The van der Waals surface area contributed by atoms with Crippen LogP contribution in [-0.2, 0) is 4.79 Å². The second kappa shape index (κ2) is 7.47. The quantitative estimate of drug-likeness (QED) is 0.879. The van der Waals surface area contributed by atoms with Gasteiger partial charge in [0.25, 0.3) is 0 Å². The van der Waals surface area contributed by atoms with Crippen LogP contribution in [0.1, 0.15) is 30.9 Å². The number of nitrogens with zero attached hydrogens (tertiary/aromatic N) is 3. The van der Waals surface area contributed by atoms with E-state index in [4.69, 9.17) is 0 Å². The first kappa shape index (κ1) is 17.1. The van der Waals surface area contributed by atoms with Gasteiger partial charge in [-0.25, -0.2) is 9.82 Å². The van der Waals surface area contributed by atoms with Crippen molar-refractivity contribution in [3.05, 3.63) is 48.2 Å². The van der Waals surface area contributed by atoms with Gasteiger partial charge in [-0.2, -0.15) is 0 Å². The van der Waals surface area contributed by atoms with Crippen LogP contribution in [0.2, 0.25) is 0 Å². The van der Waals surface area contributed by atoms with E-state index in [9.17, 15) is 9.18 Å². The summed E-state index contributed by atoms with van der Waals surface area (Å²) in [5.41, 5.74) is 8.32. The molecule has 7 heteroatoms. The van der Waals surface area contributed by atoms with E-state index in [1.807, 2.05) is 11.0 Å². The lowest BCUT2D eigenvalue weighted by atomic mass is 9.91. The van der Waals surface area contributed by atoms with Crippen LogP contribution in [0, 0.1) is 5.82 Å². The molecule has 2 fully saturated rings. The Balaban J connectivity index is 1.58. The van der Waals surface area contributed by atoms with Crippen molar-refractivity contribution in [3.63, 3.8) is 0 Å². The highest BCUT2D eigenvalue weighted by Gasteiger charge is 2.32. The first-order chi connectivity index (χ1) is 12.7. The molecule has 2 atom stereocenters. The van der Waals surface area contributed by atoms with Crippen molar-refractivity contribution in [2.45, 2.75) is 31.2 Å². The van der Waals surface area contributed by atoms with Gasteiger partial charge in [0.2, 0.25) is 5.91 Å². The molecule has 4 rings (SSSR count). The second-order valence-corrected chi connectivity index (χ2v) is 6.84. The topological polar surface area (TPSA) is 70.2 Å². The Morgan fingerprint density at radius 3 is 2.92 bits per heavy atom. The van der Waals surface area contributed by atoms with E-state index in [0.717, 1.165) is 43.6 Å². The number of benzene rings is 1. The number of rotatable bonds is 3. The minimum absolute atomic E-state index is 0.106. The van der Waals surface area contributed by atoms with Gasteiger partial charge in [-0.15, -0.1) is 0 Å². The molecule has 2 aromatic rings. The summed E-state index contributed by atoms with van der Waals surface area (Å²) in [7, 11) is 0. The summed E-state index contributed by atoms with van der Waals surface area (Å²) >= 11 is 0. The van der Waals surface area contributed by atoms with E-state index < -0.39 is 0 Å². The number of halogens is 1. The minimum Gasteiger partial charge on any atom is -0.341 e. The smallest absolute Gasteiger partial charge is 0.241 e. The van der Waals surface area contributed by atoms with Crippen molar-refractivity contribution >= 4 is 5.91 Å². The average molecular weight is 355 g/mol. The van der Waals surface area contributed by atoms with Gasteiger partial charge >= 0.3 is 0 Å². The summed E-state index contributed by atoms with van der Waals surface area (Å²) in [5, 5.41) is 0. The molecule has 2 unspecified atom stereocenters. The molecule has 2 saturated heterocycles. The number of aromatic nitrogens is 2. The number of carbonyl (C=O) groups excluding carboxylic acids is 1. The summed E-state index contributed by atoms with van der Waals surface area (Å²) in [6, 6.07) is 6.27. The molecule has 1 aromatic heterocycles. The Morgan fingerprint density at radius 2 is 2.12 bits per heavy atom. The fourth-order valence-corrected chi connectivity index (χ4v) is 3.80. The fourth-order valence-electron chi connectivity index (χ4n) is 3.80. The highest BCUT2D eigenvalue weighted by molar-refractivity contribution is 5.82. The molecule has 1 aromatic carbocycles. The van der Waals surface area contributed by atoms with Crippen LogP contribution >= 0.6 is 0 Å². The lowest BCUT2D eigenvalue weighted by Crippen LogP contribution is -2.48. The third-order valence-electron chi connectivity index (χ3n) is 5.08. The number of hydrazine groups is 1. The SMILES string of the molecule is O=C(C1CCNN1)N1CCCC(c2nccnc2-c2cccc(F)c2)C1. The van der Waals surface area contributed by atoms with Crippen LogP contribution in [0.5, 0.6) is 0 Å². The monoisotopic (exact) mass is 355 g/mol. The van der Waals surface area contributed by atoms with E-state index in [2.05, 4.69) is 20.8 Å². The molecule has 2 aliphatic heterocycles. The zero-order chi connectivity index (χ0) is 17.9. The van der Waals surface area contributed by atoms with Crippen LogP contribution in [0.15, 0.2) is 36.7 Å². The van der Waals surface area contributed by atoms with Crippen molar-refractivity contribution in [1.82, 2.24) is 25.7 Å². The molecule has 136 valence electrons. The van der Waals surface area contributed by atoms with Gasteiger partial charge in [-0.05, 0) is 31.4 Å². The highest BCUT2D eigenvalue weighted by atomic mass is 19.1. The van der Waals surface area contributed by atoms with Crippen molar-refractivity contribution < 1.29 is 9.18 Å². The van der Waals surface area contributed by atoms with Gasteiger partial charge in [0.1, 0.15) is 11.9 Å². The molecule has 0 aliphatic carbocycles. The Labute approximate surface area is 151 Å². The number of piperidine rings is 1. The highest BCUT2D eigenvalue weighted by Crippen LogP contribution is 2.32. The van der Waals surface area contributed by atoms with Crippen LogP contribution in [0.4, 0.5) is 4.39 Å². The molecule has 3 heterocycles. The summed E-state index contributed by atoms with van der Waals surface area (Å²) in [5.74, 6) is -0.0516. The van der Waals surface area contributed by atoms with Crippen molar-refractivity contribution in [3.8, 4) is 11.3 Å². The molecule has 1 amide bonds. The van der Waals surface area contributed by atoms with Crippen LogP contribution in [-0.4, -0.2) is 46.5 Å². The van der Waals surface area contributed by atoms with E-state index in [1.165, 1.54) is 12.1 Å². The summed E-state index contributed by atoms with van der Waals surface area (Å²) in [4.78, 5) is 23.6. The van der Waals surface area contributed by atoms with Gasteiger partial charge in [-0.3, -0.25) is 20.2 Å². The Bertz CT molecular complexity index is 793. The molecule has 0 spiro atoms. The third kappa shape index (κ3) is 3.45. The van der Waals surface area contributed by atoms with E-state index in [-0.39, 0.29) is 23.7 Å². The molecule has 6 nitrogen and oxygen atoms in total. The van der Waals surface area contributed by atoms with Crippen LogP contribution in [0.3, 0.4) is 0 Å². The van der Waals surface area contributed by atoms with Crippen molar-refractivity contribution in [2.75, 3.05) is 19.6 Å². The lowest BCUT2D eigenvalue weighted by Gasteiger charge is -2.34. The normalized spacial score (nSPS) is 23.2. The summed E-state index contributed by atoms with van der Waals surface area (Å²) in [6.07, 6.45) is 5.97. The fraction of sp³-hybridized carbons (Fsp3) is 0.421. The molecule has 0 bridgehead atoms. The Morgan fingerprint density at radius 1 is 1.23 bits per heavy atom. The Kier molecular flexibility index (Phi) is 4.90. The molecule has 2 N–H and O–H groups in total. The van der Waals surface area contributed by atoms with Crippen LogP contribution in [0.25, 0.3) is 11.3 Å². The van der Waals surface area contributed by atoms with E-state index >= 15 is 0 Å². The molecular formula is C19H22FN5O. The Hall–Kier alpha value is -2.38. The predicted octanol–water partition coefficient (Wildman–Crippen LogP) is 1.86. The third-order valence-corrected chi connectivity index (χ3v) is 5.08. The number of amides is 1. The van der Waals surface area contributed by atoms with Gasteiger partial charge in [-0.1, -0.05) is 12.1 Å². The maximum absolute atomic E-state index is 13.7. The number of carbonyl (C=O) groups is 1. The van der Waals surface area contributed by atoms with E-state index in [1.54, 1.807) is 18.5 Å². The van der Waals surface area contributed by atoms with Crippen molar-refractivity contribution in [2.24, 2.45) is 0 Å². The van der Waals surface area contributed by atoms with Crippen molar-refractivity contribution in [1.29, 1.82) is 0 Å². The van der Waals surface area contributed by atoms with E-state index in [0.29, 0.717) is 12.2 Å². The maximum Gasteiger partial charge on any atom is 0.241 e. The number of hydrogen-bond acceptors (Lipinski definition) is 5. The molecule has 2 aliphatic rings. The molecule has 0 saturated carbocycles. The maximum atomic E-state index is 13.7. The zero-order valence-electron chi connectivity index (χ0n) is 14.5. The largest absolute Gasteiger partial charge is 0.341 e. The molecular weight excluding hydrogens is 333 g/mol. The second-order valence-electron chi connectivity index (χ2n) is 6.84. The standard InChI is InChI=1S/C19H22FN5O/c20-15-5-1-3-13(11-15)17-18(22-9-8-21-17)14-4-2-10-25(12-14)19(26)16-6-7-23-24-16/h1,3,5,8-9,11,14,16,23-24H,2,4,6-7,10,12H2. The molecule has 0 radical (unpaired) electrons. The first-order valence-corrected chi connectivity index (χ1v) is 9.06. The number of hydrogen-bond donors (Lipinski definition) is 2. The first-order valence-electron chi connectivity index (χ1n) is 9.06. The zero-order valence-corrected chi connectivity index (χ0v) is 14.5. The van der Waals surface area contributed by atoms with Gasteiger partial charge in [0.15, 0.2) is 0 Å². The van der Waals surface area contributed by atoms with Gasteiger partial charge in [0, 0.05) is 43.5 Å². The average Bonchev–Trinajstić information content (AvgIpc) is 3.22. The minimum atomic E-state index is -0.292.